The molecule has 8 heteroatoms. The number of hydrogen-bond donors (Lipinski definition) is 1. The Morgan fingerprint density at radius 2 is 2.04 bits per heavy atom. The van der Waals surface area contributed by atoms with Gasteiger partial charge in [-0.3, -0.25) is 4.79 Å². The van der Waals surface area contributed by atoms with Gasteiger partial charge in [-0.2, -0.15) is 13.2 Å². The minimum Gasteiger partial charge on any atom is -0.334 e. The van der Waals surface area contributed by atoms with Crippen LogP contribution in [0.5, 0.6) is 0 Å². The van der Waals surface area contributed by atoms with Crippen molar-refractivity contribution < 1.29 is 18.0 Å². The lowest BCUT2D eigenvalue weighted by molar-refractivity contribution is -0.138. The lowest BCUT2D eigenvalue weighted by Crippen LogP contribution is -2.37. The van der Waals surface area contributed by atoms with Crippen molar-refractivity contribution in [3.8, 4) is 0 Å². The van der Waals surface area contributed by atoms with Gasteiger partial charge < -0.3 is 9.88 Å². The summed E-state index contributed by atoms with van der Waals surface area (Å²) < 4.78 is 40.3. The number of carbonyl (C=O) groups is 1. The molecule has 1 aliphatic rings. The summed E-state index contributed by atoms with van der Waals surface area (Å²) in [6.45, 7) is 0.360. The maximum absolute atomic E-state index is 13.1. The van der Waals surface area contributed by atoms with Gasteiger partial charge in [-0.05, 0) is 41.8 Å². The number of hydrogen-bond acceptors (Lipinski definition) is 2. The number of aromatic amines is 1. The quantitative estimate of drug-likeness (QED) is 0.624. The molecule has 1 amide bonds. The average Bonchev–Trinajstić information content (AvgIpc) is 3.02. The summed E-state index contributed by atoms with van der Waals surface area (Å²) in [7, 11) is 0. The Bertz CT molecular complexity index is 1010. The third-order valence-corrected chi connectivity index (χ3v) is 5.00. The van der Waals surface area contributed by atoms with Crippen LogP contribution in [0.15, 0.2) is 40.9 Å². The number of halogens is 4. The highest BCUT2D eigenvalue weighted by molar-refractivity contribution is 9.10. The van der Waals surface area contributed by atoms with Gasteiger partial charge in [-0.15, -0.1) is 0 Å². The zero-order valence-corrected chi connectivity index (χ0v) is 15.0. The zero-order valence-electron chi connectivity index (χ0n) is 13.4. The number of nitrogens with one attached hydrogen (secondary N) is 1. The molecule has 134 valence electrons. The molecular formula is C18H13BrF3N3O. The van der Waals surface area contributed by atoms with Crippen LogP contribution in [0.3, 0.4) is 0 Å². The van der Waals surface area contributed by atoms with Crippen LogP contribution in [-0.4, -0.2) is 27.3 Å². The molecule has 4 rings (SSSR count). The van der Waals surface area contributed by atoms with E-state index >= 15 is 0 Å². The van der Waals surface area contributed by atoms with Gasteiger partial charge in [0.2, 0.25) is 0 Å². The highest BCUT2D eigenvalue weighted by Crippen LogP contribution is 2.35. The van der Waals surface area contributed by atoms with Crippen LogP contribution in [0.2, 0.25) is 0 Å². The molecule has 2 heterocycles. The molecule has 0 saturated carbocycles. The summed E-state index contributed by atoms with van der Waals surface area (Å²) in [5.41, 5.74) is 1.57. The van der Waals surface area contributed by atoms with Crippen LogP contribution in [-0.2, 0) is 19.1 Å². The number of amides is 1. The molecule has 0 radical (unpaired) electrons. The number of H-pyrrole nitrogens is 1. The average molecular weight is 424 g/mol. The lowest BCUT2D eigenvalue weighted by atomic mass is 9.94. The van der Waals surface area contributed by atoms with E-state index in [9.17, 15) is 18.0 Å². The molecule has 0 atom stereocenters. The maximum atomic E-state index is 13.1. The van der Waals surface area contributed by atoms with Gasteiger partial charge >= 0.3 is 6.18 Å². The van der Waals surface area contributed by atoms with Gasteiger partial charge in [0.15, 0.2) is 5.82 Å². The van der Waals surface area contributed by atoms with E-state index in [1.807, 2.05) is 12.1 Å². The number of benzene rings is 2. The Hall–Kier alpha value is -2.35. The SMILES string of the molecule is O=C(c1nc2ccc(Br)cc2[nH]1)N1CCc2c(cccc2C(F)(F)F)C1. The second-order valence-corrected chi connectivity index (χ2v) is 7.08. The molecule has 0 aliphatic carbocycles. The van der Waals surface area contributed by atoms with E-state index in [0.29, 0.717) is 11.1 Å². The predicted molar refractivity (Wildman–Crippen MR) is 93.7 cm³/mol. The Morgan fingerprint density at radius 3 is 2.81 bits per heavy atom. The van der Waals surface area contributed by atoms with E-state index in [1.54, 1.807) is 12.1 Å². The van der Waals surface area contributed by atoms with E-state index in [0.717, 1.165) is 16.1 Å². The van der Waals surface area contributed by atoms with Gasteiger partial charge in [0.25, 0.3) is 5.91 Å². The Kier molecular flexibility index (Phi) is 4.02. The molecule has 0 saturated heterocycles. The predicted octanol–water partition coefficient (Wildman–Crippen LogP) is 4.54. The Morgan fingerprint density at radius 1 is 1.23 bits per heavy atom. The lowest BCUT2D eigenvalue weighted by Gasteiger charge is -2.30. The second-order valence-electron chi connectivity index (χ2n) is 6.16. The highest BCUT2D eigenvalue weighted by Gasteiger charge is 2.36. The van der Waals surface area contributed by atoms with E-state index in [4.69, 9.17) is 0 Å². The van der Waals surface area contributed by atoms with Crippen molar-refractivity contribution in [3.05, 3.63) is 63.4 Å². The number of fused-ring (bicyclic) bond motifs is 2. The molecule has 1 aliphatic heterocycles. The van der Waals surface area contributed by atoms with Crippen molar-refractivity contribution in [2.75, 3.05) is 6.54 Å². The Labute approximate surface area is 155 Å². The van der Waals surface area contributed by atoms with E-state index < -0.39 is 11.7 Å². The fourth-order valence-corrected chi connectivity index (χ4v) is 3.64. The van der Waals surface area contributed by atoms with Crippen molar-refractivity contribution >= 4 is 32.9 Å². The molecular weight excluding hydrogens is 411 g/mol. The van der Waals surface area contributed by atoms with E-state index in [1.165, 1.54) is 11.0 Å². The number of imidazole rings is 1. The first-order valence-corrected chi connectivity index (χ1v) is 8.75. The third-order valence-electron chi connectivity index (χ3n) is 4.51. The minimum absolute atomic E-state index is 0.138. The van der Waals surface area contributed by atoms with Gasteiger partial charge in [0.1, 0.15) is 0 Å². The largest absolute Gasteiger partial charge is 0.416 e. The van der Waals surface area contributed by atoms with Crippen LogP contribution in [0.25, 0.3) is 11.0 Å². The van der Waals surface area contributed by atoms with Crippen molar-refractivity contribution in [3.63, 3.8) is 0 Å². The molecule has 0 bridgehead atoms. The van der Waals surface area contributed by atoms with Gasteiger partial charge in [0, 0.05) is 17.6 Å². The molecule has 1 aromatic heterocycles. The first-order valence-electron chi connectivity index (χ1n) is 7.95. The summed E-state index contributed by atoms with van der Waals surface area (Å²) in [5.74, 6) is -0.131. The monoisotopic (exact) mass is 423 g/mol. The highest BCUT2D eigenvalue weighted by atomic mass is 79.9. The van der Waals surface area contributed by atoms with Crippen LogP contribution in [0.1, 0.15) is 27.3 Å². The Balaban J connectivity index is 1.63. The number of rotatable bonds is 1. The first kappa shape index (κ1) is 17.1. The van der Waals surface area contributed by atoms with Crippen LogP contribution >= 0.6 is 15.9 Å². The summed E-state index contributed by atoms with van der Waals surface area (Å²) in [6, 6.07) is 9.54. The third kappa shape index (κ3) is 2.98. The van der Waals surface area contributed by atoms with Gasteiger partial charge in [-0.1, -0.05) is 28.1 Å². The van der Waals surface area contributed by atoms with Crippen molar-refractivity contribution in [1.29, 1.82) is 0 Å². The minimum atomic E-state index is -4.39. The summed E-state index contributed by atoms with van der Waals surface area (Å²) >= 11 is 3.36. The van der Waals surface area contributed by atoms with Crippen molar-refractivity contribution in [2.45, 2.75) is 19.1 Å². The zero-order chi connectivity index (χ0) is 18.5. The molecule has 0 unspecified atom stereocenters. The molecule has 2 aromatic carbocycles. The number of aromatic nitrogens is 2. The fourth-order valence-electron chi connectivity index (χ4n) is 3.28. The molecule has 0 fully saturated rings. The second kappa shape index (κ2) is 6.12. The molecule has 4 nitrogen and oxygen atoms in total. The summed E-state index contributed by atoms with van der Waals surface area (Å²) in [5, 5.41) is 0. The van der Waals surface area contributed by atoms with Crippen LogP contribution in [0, 0.1) is 0 Å². The van der Waals surface area contributed by atoms with Crippen LogP contribution < -0.4 is 0 Å². The number of nitrogens with zero attached hydrogens (tertiary/aromatic N) is 2. The molecule has 3 aromatic rings. The van der Waals surface area contributed by atoms with Gasteiger partial charge in [0.05, 0.1) is 16.6 Å². The summed E-state index contributed by atoms with van der Waals surface area (Å²) in [4.78, 5) is 21.5. The van der Waals surface area contributed by atoms with Gasteiger partial charge in [-0.25, -0.2) is 4.98 Å². The van der Waals surface area contributed by atoms with Crippen LogP contribution in [0.4, 0.5) is 13.2 Å². The number of carbonyl (C=O) groups excluding carboxylic acids is 1. The molecule has 1 N–H and O–H groups in total. The normalized spacial score (nSPS) is 14.5. The molecule has 0 spiro atoms. The maximum Gasteiger partial charge on any atom is 0.416 e. The fraction of sp³-hybridized carbons (Fsp3) is 0.222. The van der Waals surface area contributed by atoms with E-state index in [2.05, 4.69) is 25.9 Å². The summed E-state index contributed by atoms with van der Waals surface area (Å²) in [6.07, 6.45) is -4.22. The molecule has 26 heavy (non-hydrogen) atoms. The first-order chi connectivity index (χ1) is 12.3. The van der Waals surface area contributed by atoms with E-state index in [-0.39, 0.29) is 36.8 Å². The standard InChI is InChI=1S/C18H13BrF3N3O/c19-11-4-5-14-15(8-11)24-16(23-14)17(26)25-7-6-12-10(9-25)2-1-3-13(12)18(20,21)22/h1-5,8H,6-7,9H2,(H,23,24). The smallest absolute Gasteiger partial charge is 0.334 e. The van der Waals surface area contributed by atoms with Crippen molar-refractivity contribution in [1.82, 2.24) is 14.9 Å². The van der Waals surface area contributed by atoms with Crippen molar-refractivity contribution in [2.24, 2.45) is 0 Å². The number of alkyl halides is 3. The topological polar surface area (TPSA) is 49.0 Å².